The van der Waals surface area contributed by atoms with Crippen molar-refractivity contribution in [1.82, 2.24) is 10.1 Å². The molecule has 3 aromatic rings. The molecule has 6 heteroatoms. The maximum absolute atomic E-state index is 13.6. The second-order valence-electron chi connectivity index (χ2n) is 7.93. The summed E-state index contributed by atoms with van der Waals surface area (Å²) in [6.45, 7) is 2.75. The fourth-order valence-electron chi connectivity index (χ4n) is 4.39. The number of nitrogens with zero attached hydrogens (tertiary/aromatic N) is 2. The van der Waals surface area contributed by atoms with E-state index < -0.39 is 0 Å². The molecule has 1 fully saturated rings. The van der Waals surface area contributed by atoms with Crippen LogP contribution in [0.4, 0.5) is 0 Å². The molecule has 0 radical (unpaired) electrons. The predicted molar refractivity (Wildman–Crippen MR) is 106 cm³/mol. The first kappa shape index (κ1) is 18.0. The zero-order valence-corrected chi connectivity index (χ0v) is 16.5. The zero-order chi connectivity index (χ0) is 19.8. The number of carbonyl (C=O) groups excluding carboxylic acids is 1. The lowest BCUT2D eigenvalue weighted by atomic mass is 9.93. The Labute approximate surface area is 169 Å². The van der Waals surface area contributed by atoms with E-state index in [2.05, 4.69) is 5.16 Å². The Morgan fingerprint density at radius 3 is 2.86 bits per heavy atom. The largest absolute Gasteiger partial charge is 0.488 e. The van der Waals surface area contributed by atoms with E-state index in [9.17, 15) is 4.79 Å². The van der Waals surface area contributed by atoms with E-state index in [1.165, 1.54) is 6.42 Å². The Kier molecular flexibility index (Phi) is 4.62. The molecule has 1 saturated carbocycles. The molecule has 0 atom stereocenters. The monoisotopic (exact) mass is 392 g/mol. The van der Waals surface area contributed by atoms with Crippen molar-refractivity contribution in [1.29, 1.82) is 0 Å². The number of aryl methyl sites for hydroxylation is 1. The molecule has 1 amide bonds. The van der Waals surface area contributed by atoms with Crippen LogP contribution in [0.2, 0.25) is 0 Å². The van der Waals surface area contributed by atoms with Crippen LogP contribution in [0.1, 0.15) is 59.5 Å². The van der Waals surface area contributed by atoms with Crippen molar-refractivity contribution in [2.24, 2.45) is 0 Å². The molecule has 2 aromatic heterocycles. The fraction of sp³-hybridized carbons (Fsp3) is 0.391. The van der Waals surface area contributed by atoms with Crippen molar-refractivity contribution in [3.8, 4) is 17.1 Å². The lowest BCUT2D eigenvalue weighted by Crippen LogP contribution is -2.41. The topological polar surface area (TPSA) is 68.7 Å². The predicted octanol–water partition coefficient (Wildman–Crippen LogP) is 5.11. The van der Waals surface area contributed by atoms with Crippen LogP contribution in [0.5, 0.6) is 5.75 Å². The van der Waals surface area contributed by atoms with Crippen LogP contribution >= 0.6 is 0 Å². The highest BCUT2D eigenvalue weighted by Gasteiger charge is 2.34. The van der Waals surface area contributed by atoms with Crippen LogP contribution in [0.15, 0.2) is 45.5 Å². The number of carbonyl (C=O) groups is 1. The van der Waals surface area contributed by atoms with Crippen molar-refractivity contribution in [2.75, 3.05) is 0 Å². The Bertz CT molecular complexity index is 1020. The molecule has 1 aliphatic heterocycles. The third-order valence-electron chi connectivity index (χ3n) is 5.93. The molecule has 1 aliphatic carbocycles. The highest BCUT2D eigenvalue weighted by Crippen LogP contribution is 2.40. The number of amides is 1. The Balaban J connectivity index is 1.50. The van der Waals surface area contributed by atoms with Gasteiger partial charge in [-0.15, -0.1) is 0 Å². The van der Waals surface area contributed by atoms with E-state index in [-0.39, 0.29) is 18.6 Å². The van der Waals surface area contributed by atoms with Gasteiger partial charge in [0.25, 0.3) is 5.91 Å². The summed E-state index contributed by atoms with van der Waals surface area (Å²) >= 11 is 0. The number of ether oxygens (including phenoxy) is 1. The number of rotatable bonds is 4. The molecule has 0 saturated heterocycles. The fourth-order valence-corrected chi connectivity index (χ4v) is 4.39. The van der Waals surface area contributed by atoms with E-state index in [4.69, 9.17) is 13.7 Å². The Morgan fingerprint density at radius 1 is 1.21 bits per heavy atom. The van der Waals surface area contributed by atoms with Gasteiger partial charge in [0.1, 0.15) is 18.1 Å². The molecule has 0 unspecified atom stereocenters. The van der Waals surface area contributed by atoms with Crippen LogP contribution in [0.3, 0.4) is 0 Å². The lowest BCUT2D eigenvalue weighted by molar-refractivity contribution is 0.0584. The van der Waals surface area contributed by atoms with Gasteiger partial charge in [0.05, 0.1) is 23.9 Å². The van der Waals surface area contributed by atoms with Gasteiger partial charge in [0, 0.05) is 6.04 Å². The first-order valence-corrected chi connectivity index (χ1v) is 10.3. The molecular formula is C23H24N2O4. The molecule has 3 heterocycles. The molecule has 0 bridgehead atoms. The van der Waals surface area contributed by atoms with Gasteiger partial charge in [-0.25, -0.2) is 0 Å². The molecule has 150 valence electrons. The van der Waals surface area contributed by atoms with Gasteiger partial charge in [0.2, 0.25) is 0 Å². The minimum Gasteiger partial charge on any atom is -0.488 e. The molecule has 29 heavy (non-hydrogen) atoms. The molecule has 2 aliphatic rings. The first-order valence-electron chi connectivity index (χ1n) is 10.3. The number of hydrogen-bond acceptors (Lipinski definition) is 5. The minimum atomic E-state index is -0.113. The van der Waals surface area contributed by atoms with Crippen LogP contribution in [-0.4, -0.2) is 22.0 Å². The molecular weight excluding hydrogens is 368 g/mol. The number of furan rings is 1. The van der Waals surface area contributed by atoms with Crippen molar-refractivity contribution in [2.45, 2.75) is 58.2 Å². The second kappa shape index (κ2) is 7.43. The van der Waals surface area contributed by atoms with Gasteiger partial charge in [-0.2, -0.15) is 0 Å². The van der Waals surface area contributed by atoms with Gasteiger partial charge >= 0.3 is 0 Å². The van der Waals surface area contributed by atoms with Crippen molar-refractivity contribution in [3.63, 3.8) is 0 Å². The lowest BCUT2D eigenvalue weighted by Gasteiger charge is -2.33. The quantitative estimate of drug-likeness (QED) is 0.617. The van der Waals surface area contributed by atoms with E-state index in [1.54, 1.807) is 6.26 Å². The number of hydrogen-bond donors (Lipinski definition) is 0. The highest BCUT2D eigenvalue weighted by molar-refractivity contribution is 5.96. The molecule has 5 rings (SSSR count). The molecule has 6 nitrogen and oxygen atoms in total. The number of fused-ring (bicyclic) bond motifs is 3. The van der Waals surface area contributed by atoms with Crippen molar-refractivity contribution >= 4 is 5.91 Å². The summed E-state index contributed by atoms with van der Waals surface area (Å²) in [6, 6.07) is 9.89. The van der Waals surface area contributed by atoms with Crippen LogP contribution in [0.25, 0.3) is 11.3 Å². The number of benzene rings is 1. The average molecular weight is 392 g/mol. The Hall–Kier alpha value is -3.02. The summed E-state index contributed by atoms with van der Waals surface area (Å²) in [4.78, 5) is 15.5. The maximum atomic E-state index is 13.6. The van der Waals surface area contributed by atoms with Gasteiger partial charge < -0.3 is 18.6 Å². The molecule has 0 N–H and O–H groups in total. The zero-order valence-electron chi connectivity index (χ0n) is 16.5. The standard InChI is InChI=1S/C23H24N2O4/c1-15-9-10-20-18(12-15)22-19(14-28-20)21(24-29-22)23(26)25(13-17-8-5-11-27-17)16-6-3-2-4-7-16/h5,8-12,16H,2-4,6-7,13-14H2,1H3. The van der Waals surface area contributed by atoms with E-state index in [0.29, 0.717) is 18.0 Å². The van der Waals surface area contributed by atoms with Crippen molar-refractivity contribution in [3.05, 3.63) is 59.2 Å². The van der Waals surface area contributed by atoms with E-state index in [1.807, 2.05) is 42.2 Å². The average Bonchev–Trinajstić information content (AvgIpc) is 3.42. The highest BCUT2D eigenvalue weighted by atomic mass is 16.5. The summed E-state index contributed by atoms with van der Waals surface area (Å²) < 4.78 is 17.1. The summed E-state index contributed by atoms with van der Waals surface area (Å²) in [6.07, 6.45) is 7.15. The second-order valence-corrected chi connectivity index (χ2v) is 7.93. The van der Waals surface area contributed by atoms with Gasteiger partial charge in [-0.05, 0) is 44.0 Å². The molecule has 0 spiro atoms. The summed E-state index contributed by atoms with van der Waals surface area (Å²) in [5, 5.41) is 4.19. The molecule has 1 aromatic carbocycles. The minimum absolute atomic E-state index is 0.113. The third-order valence-corrected chi connectivity index (χ3v) is 5.93. The van der Waals surface area contributed by atoms with Gasteiger partial charge in [-0.3, -0.25) is 4.79 Å². The SMILES string of the molecule is Cc1ccc2c(c1)-c1onc(C(=O)N(Cc3ccco3)C3CCCCC3)c1CO2. The smallest absolute Gasteiger partial charge is 0.277 e. The van der Waals surface area contributed by atoms with Crippen LogP contribution in [0, 0.1) is 6.92 Å². The normalized spacial score (nSPS) is 16.0. The Morgan fingerprint density at radius 2 is 2.07 bits per heavy atom. The van der Waals surface area contributed by atoms with Crippen LogP contribution in [-0.2, 0) is 13.2 Å². The van der Waals surface area contributed by atoms with Crippen molar-refractivity contribution < 1.29 is 18.5 Å². The van der Waals surface area contributed by atoms with Gasteiger partial charge in [-0.1, -0.05) is 36.0 Å². The van der Waals surface area contributed by atoms with Crippen LogP contribution < -0.4 is 4.74 Å². The van der Waals surface area contributed by atoms with E-state index in [0.717, 1.165) is 53.9 Å². The summed E-state index contributed by atoms with van der Waals surface area (Å²) in [7, 11) is 0. The maximum Gasteiger partial charge on any atom is 0.277 e. The third kappa shape index (κ3) is 3.33. The van der Waals surface area contributed by atoms with E-state index >= 15 is 0 Å². The summed E-state index contributed by atoms with van der Waals surface area (Å²) in [5.74, 6) is 2.06. The summed E-state index contributed by atoms with van der Waals surface area (Å²) in [5.41, 5.74) is 3.04. The first-order chi connectivity index (χ1) is 14.2. The van der Waals surface area contributed by atoms with Gasteiger partial charge in [0.15, 0.2) is 11.5 Å². The number of aromatic nitrogens is 1.